The van der Waals surface area contributed by atoms with Crippen LogP contribution in [0.2, 0.25) is 10.0 Å². The SMILES string of the molecule is CN(Cc1ccc(Cl)c(Cl)c1)C(=O)COc1ccc([N+](=O)[O-])cc1. The summed E-state index contributed by atoms with van der Waals surface area (Å²) in [6.07, 6.45) is 0. The number of hydrogen-bond donors (Lipinski definition) is 0. The van der Waals surface area contributed by atoms with Crippen LogP contribution in [0.15, 0.2) is 42.5 Å². The molecular weight excluding hydrogens is 355 g/mol. The van der Waals surface area contributed by atoms with Gasteiger partial charge in [-0.15, -0.1) is 0 Å². The number of nitro benzene ring substituents is 1. The van der Waals surface area contributed by atoms with Crippen LogP contribution in [0.5, 0.6) is 5.75 Å². The van der Waals surface area contributed by atoms with Gasteiger partial charge in [-0.05, 0) is 29.8 Å². The quantitative estimate of drug-likeness (QED) is 0.571. The molecule has 8 heteroatoms. The van der Waals surface area contributed by atoms with Gasteiger partial charge in [-0.25, -0.2) is 0 Å². The largest absolute Gasteiger partial charge is 0.484 e. The number of halogens is 2. The Morgan fingerprint density at radius 3 is 2.42 bits per heavy atom. The maximum atomic E-state index is 12.1. The summed E-state index contributed by atoms with van der Waals surface area (Å²) < 4.78 is 5.34. The number of amides is 1. The average Bonchev–Trinajstić information content (AvgIpc) is 2.56. The molecule has 0 spiro atoms. The van der Waals surface area contributed by atoms with Crippen molar-refractivity contribution in [3.63, 3.8) is 0 Å². The van der Waals surface area contributed by atoms with Crippen molar-refractivity contribution in [2.45, 2.75) is 6.54 Å². The minimum atomic E-state index is -0.500. The number of ether oxygens (including phenoxy) is 1. The predicted molar refractivity (Wildman–Crippen MR) is 91.5 cm³/mol. The third kappa shape index (κ3) is 4.84. The molecule has 24 heavy (non-hydrogen) atoms. The highest BCUT2D eigenvalue weighted by Crippen LogP contribution is 2.23. The normalized spacial score (nSPS) is 10.3. The lowest BCUT2D eigenvalue weighted by molar-refractivity contribution is -0.384. The van der Waals surface area contributed by atoms with Gasteiger partial charge in [-0.1, -0.05) is 29.3 Å². The molecule has 0 saturated carbocycles. The molecule has 2 rings (SSSR count). The van der Waals surface area contributed by atoms with Crippen LogP contribution in [0.25, 0.3) is 0 Å². The Hall–Kier alpha value is -2.31. The fraction of sp³-hybridized carbons (Fsp3) is 0.188. The molecule has 0 aliphatic heterocycles. The van der Waals surface area contributed by atoms with Crippen molar-refractivity contribution >= 4 is 34.8 Å². The minimum absolute atomic E-state index is 0.0367. The van der Waals surface area contributed by atoms with Crippen LogP contribution in [-0.4, -0.2) is 29.4 Å². The molecule has 0 aliphatic rings. The van der Waals surface area contributed by atoms with Crippen molar-refractivity contribution in [3.8, 4) is 5.75 Å². The summed E-state index contributed by atoms with van der Waals surface area (Å²) in [5.74, 6) is 0.149. The number of nitrogens with zero attached hydrogens (tertiary/aromatic N) is 2. The van der Waals surface area contributed by atoms with E-state index in [9.17, 15) is 14.9 Å². The van der Waals surface area contributed by atoms with Crippen molar-refractivity contribution in [2.24, 2.45) is 0 Å². The molecule has 126 valence electrons. The summed E-state index contributed by atoms with van der Waals surface area (Å²) in [6.45, 7) is 0.189. The first-order valence-electron chi connectivity index (χ1n) is 6.92. The summed E-state index contributed by atoms with van der Waals surface area (Å²) >= 11 is 11.8. The molecular formula is C16H14Cl2N2O4. The van der Waals surface area contributed by atoms with Crippen molar-refractivity contribution in [1.82, 2.24) is 4.90 Å². The van der Waals surface area contributed by atoms with E-state index in [1.807, 2.05) is 0 Å². The summed E-state index contributed by atoms with van der Waals surface area (Å²) in [6, 6.07) is 10.7. The van der Waals surface area contributed by atoms with E-state index in [-0.39, 0.29) is 18.2 Å². The molecule has 0 saturated heterocycles. The predicted octanol–water partition coefficient (Wildman–Crippen LogP) is 3.94. The van der Waals surface area contributed by atoms with E-state index in [4.69, 9.17) is 27.9 Å². The molecule has 2 aromatic carbocycles. The molecule has 0 N–H and O–H groups in total. The first-order valence-corrected chi connectivity index (χ1v) is 7.67. The lowest BCUT2D eigenvalue weighted by atomic mass is 10.2. The molecule has 1 amide bonds. The van der Waals surface area contributed by atoms with Gasteiger partial charge in [-0.3, -0.25) is 14.9 Å². The van der Waals surface area contributed by atoms with Crippen LogP contribution in [-0.2, 0) is 11.3 Å². The topological polar surface area (TPSA) is 72.7 Å². The van der Waals surface area contributed by atoms with Gasteiger partial charge in [0.2, 0.25) is 0 Å². The van der Waals surface area contributed by atoms with E-state index >= 15 is 0 Å². The number of carbonyl (C=O) groups excluding carboxylic acids is 1. The number of carbonyl (C=O) groups is 1. The lowest BCUT2D eigenvalue weighted by Crippen LogP contribution is -2.30. The zero-order chi connectivity index (χ0) is 17.7. The molecule has 0 radical (unpaired) electrons. The molecule has 0 atom stereocenters. The summed E-state index contributed by atoms with van der Waals surface area (Å²) in [4.78, 5) is 23.6. The second-order valence-corrected chi connectivity index (χ2v) is 5.85. The number of non-ortho nitro benzene ring substituents is 1. The molecule has 2 aromatic rings. The third-order valence-corrected chi connectivity index (χ3v) is 3.98. The van der Waals surface area contributed by atoms with Crippen molar-refractivity contribution in [2.75, 3.05) is 13.7 Å². The molecule has 0 aliphatic carbocycles. The van der Waals surface area contributed by atoms with Crippen LogP contribution in [0.3, 0.4) is 0 Å². The maximum absolute atomic E-state index is 12.1. The number of likely N-dealkylation sites (N-methyl/N-ethyl adjacent to an activating group) is 1. The third-order valence-electron chi connectivity index (χ3n) is 3.24. The standard InChI is InChI=1S/C16H14Cl2N2O4/c1-19(9-11-2-7-14(17)15(18)8-11)16(21)10-24-13-5-3-12(4-6-13)20(22)23/h2-8H,9-10H2,1H3. The van der Waals surface area contributed by atoms with Crippen molar-refractivity contribution < 1.29 is 14.5 Å². The summed E-state index contributed by atoms with van der Waals surface area (Å²) in [5, 5.41) is 11.5. The number of hydrogen-bond acceptors (Lipinski definition) is 4. The number of nitro groups is 1. The van der Waals surface area contributed by atoms with Gasteiger partial charge < -0.3 is 9.64 Å². The van der Waals surface area contributed by atoms with Crippen molar-refractivity contribution in [3.05, 3.63) is 68.2 Å². The fourth-order valence-electron chi connectivity index (χ4n) is 1.92. The molecule has 0 heterocycles. The zero-order valence-corrected chi connectivity index (χ0v) is 14.3. The average molecular weight is 369 g/mol. The van der Waals surface area contributed by atoms with Gasteiger partial charge in [0.15, 0.2) is 6.61 Å². The van der Waals surface area contributed by atoms with Crippen LogP contribution in [0.4, 0.5) is 5.69 Å². The Bertz CT molecular complexity index is 750. The highest BCUT2D eigenvalue weighted by molar-refractivity contribution is 6.42. The molecule has 0 bridgehead atoms. The van der Waals surface area contributed by atoms with Crippen LogP contribution < -0.4 is 4.74 Å². The van der Waals surface area contributed by atoms with Gasteiger partial charge in [0.25, 0.3) is 11.6 Å². The first kappa shape index (κ1) is 18.0. The smallest absolute Gasteiger partial charge is 0.269 e. The Morgan fingerprint density at radius 1 is 1.17 bits per heavy atom. The van der Waals surface area contributed by atoms with E-state index in [0.29, 0.717) is 22.3 Å². The molecule has 0 fully saturated rings. The molecule has 0 aromatic heterocycles. The van der Waals surface area contributed by atoms with E-state index in [0.717, 1.165) is 5.56 Å². The van der Waals surface area contributed by atoms with E-state index in [1.54, 1.807) is 25.2 Å². The fourth-order valence-corrected chi connectivity index (χ4v) is 2.24. The van der Waals surface area contributed by atoms with Crippen LogP contribution >= 0.6 is 23.2 Å². The molecule has 6 nitrogen and oxygen atoms in total. The summed E-state index contributed by atoms with van der Waals surface area (Å²) in [5.41, 5.74) is 0.806. The van der Waals surface area contributed by atoms with Crippen LogP contribution in [0, 0.1) is 10.1 Å². The van der Waals surface area contributed by atoms with Crippen molar-refractivity contribution in [1.29, 1.82) is 0 Å². The maximum Gasteiger partial charge on any atom is 0.269 e. The highest BCUT2D eigenvalue weighted by atomic mass is 35.5. The van der Waals surface area contributed by atoms with Gasteiger partial charge in [0.05, 0.1) is 15.0 Å². The number of rotatable bonds is 6. The first-order chi connectivity index (χ1) is 11.4. The van der Waals surface area contributed by atoms with Crippen LogP contribution in [0.1, 0.15) is 5.56 Å². The van der Waals surface area contributed by atoms with Gasteiger partial charge in [0, 0.05) is 25.7 Å². The summed E-state index contributed by atoms with van der Waals surface area (Å²) in [7, 11) is 1.64. The Balaban J connectivity index is 1.89. The van der Waals surface area contributed by atoms with Gasteiger partial charge in [0.1, 0.15) is 5.75 Å². The zero-order valence-electron chi connectivity index (χ0n) is 12.7. The van der Waals surface area contributed by atoms with E-state index in [2.05, 4.69) is 0 Å². The minimum Gasteiger partial charge on any atom is -0.484 e. The monoisotopic (exact) mass is 368 g/mol. The lowest BCUT2D eigenvalue weighted by Gasteiger charge is -2.18. The second kappa shape index (κ2) is 7.99. The Morgan fingerprint density at radius 2 is 1.83 bits per heavy atom. The Kier molecular flexibility index (Phi) is 6.00. The highest BCUT2D eigenvalue weighted by Gasteiger charge is 2.12. The Labute approximate surface area is 148 Å². The number of benzene rings is 2. The van der Waals surface area contributed by atoms with Gasteiger partial charge in [-0.2, -0.15) is 0 Å². The van der Waals surface area contributed by atoms with E-state index < -0.39 is 4.92 Å². The second-order valence-electron chi connectivity index (χ2n) is 5.04. The van der Waals surface area contributed by atoms with Gasteiger partial charge >= 0.3 is 0 Å². The van der Waals surface area contributed by atoms with E-state index in [1.165, 1.54) is 29.2 Å². The molecule has 0 unspecified atom stereocenters.